The largest absolute Gasteiger partial charge is 0.494 e. The van der Waals surface area contributed by atoms with Gasteiger partial charge in [-0.3, -0.25) is 19.1 Å². The smallest absolute Gasteiger partial charge is 0.269 e. The number of nitrogens with zero attached hydrogens (tertiary/aromatic N) is 1. The van der Waals surface area contributed by atoms with Gasteiger partial charge in [-0.2, -0.15) is 0 Å². The first-order valence-electron chi connectivity index (χ1n) is 8.06. The molecule has 3 N–H and O–H groups in total. The van der Waals surface area contributed by atoms with Gasteiger partial charge in [0.1, 0.15) is 17.8 Å². The highest BCUT2D eigenvalue weighted by molar-refractivity contribution is 5.97. The Morgan fingerprint density at radius 2 is 1.80 bits per heavy atom. The van der Waals surface area contributed by atoms with E-state index in [4.69, 9.17) is 4.74 Å². The van der Waals surface area contributed by atoms with Crippen molar-refractivity contribution in [2.24, 2.45) is 7.05 Å². The molecule has 3 rings (SSSR count). The minimum Gasteiger partial charge on any atom is -0.494 e. The Morgan fingerprint density at radius 3 is 2.40 bits per heavy atom. The first kappa shape index (κ1) is 16.8. The summed E-state index contributed by atoms with van der Waals surface area (Å²) in [5, 5.41) is 8.17. The van der Waals surface area contributed by atoms with Crippen molar-refractivity contribution < 1.29 is 14.3 Å². The van der Waals surface area contributed by atoms with E-state index < -0.39 is 12.1 Å². The molecule has 0 saturated carbocycles. The van der Waals surface area contributed by atoms with Crippen molar-refractivity contribution in [1.29, 1.82) is 0 Å². The summed E-state index contributed by atoms with van der Waals surface area (Å²) >= 11 is 0. The first-order valence-corrected chi connectivity index (χ1v) is 8.06. The van der Waals surface area contributed by atoms with E-state index in [0.717, 1.165) is 0 Å². The van der Waals surface area contributed by atoms with E-state index >= 15 is 0 Å². The van der Waals surface area contributed by atoms with Crippen molar-refractivity contribution in [3.05, 3.63) is 51.9 Å². The minimum absolute atomic E-state index is 0.143. The third-order valence-corrected chi connectivity index (χ3v) is 4.14. The predicted molar refractivity (Wildman–Crippen MR) is 90.2 cm³/mol. The molecule has 0 bridgehead atoms. The maximum Gasteiger partial charge on any atom is 0.269 e. The van der Waals surface area contributed by atoms with Crippen LogP contribution in [-0.2, 0) is 23.1 Å². The fraction of sp³-hybridized carbons (Fsp3) is 0.353. The number of amides is 2. The van der Waals surface area contributed by atoms with Crippen LogP contribution in [0.15, 0.2) is 35.3 Å². The lowest BCUT2D eigenvalue weighted by Gasteiger charge is -2.29. The average molecular weight is 344 g/mol. The van der Waals surface area contributed by atoms with Crippen molar-refractivity contribution in [3.8, 4) is 5.75 Å². The second kappa shape index (κ2) is 6.84. The number of carbonyl (C=O) groups is 2. The SMILES string of the molecule is CCOc1ccc(C2NC(=O)[C@@H](Cc3c[nH]n(C)c3=O)NC2=O)cc1. The zero-order valence-corrected chi connectivity index (χ0v) is 14.0. The van der Waals surface area contributed by atoms with Crippen molar-refractivity contribution in [3.63, 3.8) is 0 Å². The molecule has 2 heterocycles. The van der Waals surface area contributed by atoms with Gasteiger partial charge in [-0.05, 0) is 24.6 Å². The van der Waals surface area contributed by atoms with Gasteiger partial charge in [-0.1, -0.05) is 12.1 Å². The number of carbonyl (C=O) groups excluding carboxylic acids is 2. The number of benzene rings is 1. The fourth-order valence-electron chi connectivity index (χ4n) is 2.81. The highest BCUT2D eigenvalue weighted by Crippen LogP contribution is 2.20. The zero-order chi connectivity index (χ0) is 18.0. The summed E-state index contributed by atoms with van der Waals surface area (Å²) in [5.74, 6) is 0.0813. The van der Waals surface area contributed by atoms with Crippen molar-refractivity contribution >= 4 is 11.8 Å². The van der Waals surface area contributed by atoms with E-state index in [0.29, 0.717) is 23.5 Å². The number of rotatable bonds is 5. The highest BCUT2D eigenvalue weighted by Gasteiger charge is 2.35. The van der Waals surface area contributed by atoms with E-state index in [1.165, 1.54) is 4.68 Å². The lowest BCUT2D eigenvalue weighted by molar-refractivity contribution is -0.136. The molecular weight excluding hydrogens is 324 g/mol. The molecule has 1 unspecified atom stereocenters. The van der Waals surface area contributed by atoms with Crippen LogP contribution in [0.4, 0.5) is 0 Å². The van der Waals surface area contributed by atoms with Crippen molar-refractivity contribution in [1.82, 2.24) is 20.4 Å². The molecule has 8 heteroatoms. The third kappa shape index (κ3) is 3.42. The Balaban J connectivity index is 1.71. The van der Waals surface area contributed by atoms with Gasteiger partial charge in [0.25, 0.3) is 5.56 Å². The Bertz CT molecular complexity index is 837. The summed E-state index contributed by atoms with van der Waals surface area (Å²) < 4.78 is 6.69. The predicted octanol–water partition coefficient (Wildman–Crippen LogP) is 0.0105. The molecule has 1 aromatic carbocycles. The van der Waals surface area contributed by atoms with Crippen molar-refractivity contribution in [2.45, 2.75) is 25.4 Å². The molecule has 1 fully saturated rings. The molecule has 2 aromatic rings. The number of aromatic amines is 1. The molecule has 2 amide bonds. The summed E-state index contributed by atoms with van der Waals surface area (Å²) in [4.78, 5) is 36.6. The third-order valence-electron chi connectivity index (χ3n) is 4.14. The number of hydrogen-bond acceptors (Lipinski definition) is 4. The molecule has 0 aliphatic carbocycles. The average Bonchev–Trinajstić information content (AvgIpc) is 2.91. The van der Waals surface area contributed by atoms with Crippen LogP contribution >= 0.6 is 0 Å². The summed E-state index contributed by atoms with van der Waals surface area (Å²) in [5.41, 5.74) is 0.906. The van der Waals surface area contributed by atoms with Gasteiger partial charge >= 0.3 is 0 Å². The highest BCUT2D eigenvalue weighted by atomic mass is 16.5. The maximum absolute atomic E-state index is 12.4. The van der Waals surface area contributed by atoms with E-state index in [2.05, 4.69) is 15.7 Å². The van der Waals surface area contributed by atoms with Crippen LogP contribution in [0.5, 0.6) is 5.75 Å². The minimum atomic E-state index is -0.769. The van der Waals surface area contributed by atoms with Crippen LogP contribution in [0.3, 0.4) is 0 Å². The van der Waals surface area contributed by atoms with Gasteiger partial charge in [-0.25, -0.2) is 0 Å². The number of piperazine rings is 1. The number of H-pyrrole nitrogens is 1. The second-order valence-electron chi connectivity index (χ2n) is 5.87. The maximum atomic E-state index is 12.4. The molecule has 2 atom stereocenters. The zero-order valence-electron chi connectivity index (χ0n) is 14.0. The monoisotopic (exact) mass is 344 g/mol. The van der Waals surface area contributed by atoms with Gasteiger partial charge in [0, 0.05) is 25.2 Å². The number of aryl methyl sites for hydroxylation is 1. The van der Waals surface area contributed by atoms with Crippen LogP contribution < -0.4 is 20.9 Å². The topological polar surface area (TPSA) is 105 Å². The van der Waals surface area contributed by atoms with E-state index in [1.54, 1.807) is 37.5 Å². The van der Waals surface area contributed by atoms with Crippen LogP contribution in [0.2, 0.25) is 0 Å². The Labute approximate surface area is 144 Å². The summed E-state index contributed by atoms with van der Waals surface area (Å²) in [6.45, 7) is 2.45. The van der Waals surface area contributed by atoms with Gasteiger partial charge in [0.2, 0.25) is 11.8 Å². The number of aromatic nitrogens is 2. The number of hydrogen-bond donors (Lipinski definition) is 3. The fourth-order valence-corrected chi connectivity index (χ4v) is 2.81. The summed E-state index contributed by atoms with van der Waals surface area (Å²) in [7, 11) is 1.59. The number of ether oxygens (including phenoxy) is 1. The Morgan fingerprint density at radius 1 is 1.08 bits per heavy atom. The standard InChI is InChI=1S/C17H20N4O4/c1-3-25-12-6-4-10(5-7-12)14-16(23)19-13(15(22)20-14)8-11-9-18-21(2)17(11)24/h4-7,9,13-14,18H,3,8H2,1-2H3,(H,19,23)(H,20,22)/t13-,14?/m1/s1. The lowest BCUT2D eigenvalue weighted by atomic mass is 9.99. The molecule has 1 saturated heterocycles. The van der Waals surface area contributed by atoms with Crippen LogP contribution in [0.1, 0.15) is 24.1 Å². The molecule has 8 nitrogen and oxygen atoms in total. The van der Waals surface area contributed by atoms with Gasteiger partial charge < -0.3 is 20.5 Å². The lowest BCUT2D eigenvalue weighted by Crippen LogP contribution is -2.58. The first-order chi connectivity index (χ1) is 12.0. The molecule has 0 radical (unpaired) electrons. The summed E-state index contributed by atoms with van der Waals surface area (Å²) in [6, 6.07) is 5.49. The molecule has 132 valence electrons. The summed E-state index contributed by atoms with van der Waals surface area (Å²) in [6.07, 6.45) is 1.68. The van der Waals surface area contributed by atoms with Crippen molar-refractivity contribution in [2.75, 3.05) is 6.61 Å². The van der Waals surface area contributed by atoms with Gasteiger partial charge in [-0.15, -0.1) is 0 Å². The van der Waals surface area contributed by atoms with E-state index in [9.17, 15) is 14.4 Å². The normalized spacial score (nSPS) is 20.1. The molecule has 1 aliphatic heterocycles. The molecule has 1 aromatic heterocycles. The van der Waals surface area contributed by atoms with E-state index in [-0.39, 0.29) is 23.8 Å². The number of nitrogens with one attached hydrogen (secondary N) is 3. The second-order valence-corrected chi connectivity index (χ2v) is 5.87. The molecular formula is C17H20N4O4. The van der Waals surface area contributed by atoms with Crippen LogP contribution in [0.25, 0.3) is 0 Å². The Kier molecular flexibility index (Phi) is 4.60. The van der Waals surface area contributed by atoms with E-state index in [1.807, 2.05) is 6.92 Å². The van der Waals surface area contributed by atoms with Crippen LogP contribution in [0, 0.1) is 0 Å². The molecule has 1 aliphatic rings. The van der Waals surface area contributed by atoms with Crippen LogP contribution in [-0.4, -0.2) is 34.2 Å². The van der Waals surface area contributed by atoms with Gasteiger partial charge in [0.05, 0.1) is 6.61 Å². The molecule has 25 heavy (non-hydrogen) atoms. The quantitative estimate of drug-likeness (QED) is 0.710. The molecule has 0 spiro atoms. The Hall–Kier alpha value is -3.03. The van der Waals surface area contributed by atoms with Gasteiger partial charge in [0.15, 0.2) is 0 Å².